The summed E-state index contributed by atoms with van der Waals surface area (Å²) in [6.45, 7) is 1.98. The molecule has 5 aromatic rings. The third-order valence-corrected chi connectivity index (χ3v) is 7.19. The van der Waals surface area contributed by atoms with Crippen LogP contribution >= 0.6 is 0 Å². The van der Waals surface area contributed by atoms with Gasteiger partial charge in [0, 0.05) is 11.6 Å². The average molecular weight is 498 g/mol. The molecule has 0 bridgehead atoms. The first-order chi connectivity index (χ1) is 18.0. The van der Waals surface area contributed by atoms with Crippen LogP contribution in [-0.2, 0) is 0 Å². The van der Waals surface area contributed by atoms with E-state index in [1.807, 2.05) is 54.0 Å². The lowest BCUT2D eigenvalue weighted by molar-refractivity contribution is 0.288. The number of hydrogen-bond donors (Lipinski definition) is 1. The van der Waals surface area contributed by atoms with Crippen molar-refractivity contribution in [2.75, 3.05) is 20.0 Å². The smallest absolute Gasteiger partial charge is 0.261 e. The number of ether oxygens (including phenoxy) is 2. The molecule has 0 amide bonds. The number of nitrogens with zero attached hydrogens (tertiary/aromatic N) is 6. The molecule has 0 radical (unpaired) electrons. The van der Waals surface area contributed by atoms with E-state index in [2.05, 4.69) is 9.97 Å². The van der Waals surface area contributed by atoms with Gasteiger partial charge >= 0.3 is 0 Å². The summed E-state index contributed by atoms with van der Waals surface area (Å²) in [5.74, 6) is 2.14. The molecule has 0 saturated heterocycles. The number of nitrogens with two attached hydrogens (primary N) is 1. The number of methoxy groups -OCH3 is 2. The van der Waals surface area contributed by atoms with Gasteiger partial charge in [0.05, 0.1) is 30.5 Å². The third-order valence-electron chi connectivity index (χ3n) is 7.19. The molecule has 1 aliphatic carbocycles. The van der Waals surface area contributed by atoms with E-state index in [1.165, 1.54) is 6.33 Å². The minimum atomic E-state index is -0.399. The lowest BCUT2D eigenvalue weighted by atomic mass is 9.92. The van der Waals surface area contributed by atoms with Gasteiger partial charge < -0.3 is 15.2 Å². The monoisotopic (exact) mass is 497 g/mol. The Morgan fingerprint density at radius 1 is 1.05 bits per heavy atom. The number of aromatic nitrogens is 6. The van der Waals surface area contributed by atoms with Crippen molar-refractivity contribution < 1.29 is 9.47 Å². The molecule has 6 rings (SSSR count). The molecule has 1 aliphatic rings. The Labute approximate surface area is 212 Å². The highest BCUT2D eigenvalue weighted by Gasteiger charge is 2.29. The SMILES string of the molecule is COc1ccc(-c2nn(C(C)c3nc4ccccc4c(=O)n3C3CCC3)c3ncnc(N)c23)cc1OC. The van der Waals surface area contributed by atoms with Gasteiger partial charge in [0.2, 0.25) is 0 Å². The van der Waals surface area contributed by atoms with Gasteiger partial charge in [-0.15, -0.1) is 0 Å². The molecule has 188 valence electrons. The summed E-state index contributed by atoms with van der Waals surface area (Å²) in [5.41, 5.74) is 8.94. The van der Waals surface area contributed by atoms with E-state index in [-0.39, 0.29) is 11.6 Å². The highest BCUT2D eigenvalue weighted by Crippen LogP contribution is 2.38. The van der Waals surface area contributed by atoms with Crippen molar-refractivity contribution in [3.63, 3.8) is 0 Å². The molecule has 2 N–H and O–H groups in total. The van der Waals surface area contributed by atoms with Gasteiger partial charge in [-0.3, -0.25) is 9.36 Å². The zero-order chi connectivity index (χ0) is 25.7. The number of nitrogen functional groups attached to an aromatic ring is 1. The predicted molar refractivity (Wildman–Crippen MR) is 141 cm³/mol. The Hall–Kier alpha value is -4.47. The molecule has 3 heterocycles. The summed E-state index contributed by atoms with van der Waals surface area (Å²) in [6, 6.07) is 12.7. The minimum Gasteiger partial charge on any atom is -0.493 e. The Bertz CT molecular complexity index is 1700. The fourth-order valence-corrected chi connectivity index (χ4v) is 5.02. The Morgan fingerprint density at radius 3 is 2.57 bits per heavy atom. The second-order valence-electron chi connectivity index (χ2n) is 9.24. The van der Waals surface area contributed by atoms with E-state index < -0.39 is 6.04 Å². The van der Waals surface area contributed by atoms with Crippen LogP contribution in [0.3, 0.4) is 0 Å². The van der Waals surface area contributed by atoms with Gasteiger partial charge in [0.1, 0.15) is 29.7 Å². The zero-order valence-electron chi connectivity index (χ0n) is 20.9. The van der Waals surface area contributed by atoms with Crippen LogP contribution in [0.15, 0.2) is 53.6 Å². The van der Waals surface area contributed by atoms with Gasteiger partial charge in [-0.1, -0.05) is 12.1 Å². The molecule has 10 nitrogen and oxygen atoms in total. The summed E-state index contributed by atoms with van der Waals surface area (Å²) >= 11 is 0. The maximum Gasteiger partial charge on any atom is 0.261 e. The van der Waals surface area contributed by atoms with Crippen LogP contribution in [0.2, 0.25) is 0 Å². The van der Waals surface area contributed by atoms with E-state index in [9.17, 15) is 4.79 Å². The molecule has 1 fully saturated rings. The molecule has 10 heteroatoms. The van der Waals surface area contributed by atoms with Gasteiger partial charge in [0.25, 0.3) is 5.56 Å². The summed E-state index contributed by atoms with van der Waals surface area (Å²) in [6.07, 6.45) is 4.42. The first-order valence-electron chi connectivity index (χ1n) is 12.2. The number of anilines is 1. The van der Waals surface area contributed by atoms with Crippen molar-refractivity contribution in [1.82, 2.24) is 29.3 Å². The zero-order valence-corrected chi connectivity index (χ0v) is 20.9. The molecular weight excluding hydrogens is 470 g/mol. The number of benzene rings is 2. The van der Waals surface area contributed by atoms with Crippen molar-refractivity contribution in [3.05, 3.63) is 65.0 Å². The van der Waals surface area contributed by atoms with E-state index >= 15 is 0 Å². The van der Waals surface area contributed by atoms with Crippen molar-refractivity contribution in [3.8, 4) is 22.8 Å². The Balaban J connectivity index is 1.58. The summed E-state index contributed by atoms with van der Waals surface area (Å²) in [7, 11) is 3.18. The van der Waals surface area contributed by atoms with Crippen molar-refractivity contribution in [1.29, 1.82) is 0 Å². The maximum atomic E-state index is 13.6. The van der Waals surface area contributed by atoms with Crippen molar-refractivity contribution >= 4 is 27.8 Å². The number of para-hydroxylation sites is 1. The van der Waals surface area contributed by atoms with E-state index in [0.29, 0.717) is 50.8 Å². The molecule has 1 saturated carbocycles. The molecule has 37 heavy (non-hydrogen) atoms. The van der Waals surface area contributed by atoms with Gasteiger partial charge in [-0.25, -0.2) is 19.6 Å². The lowest BCUT2D eigenvalue weighted by Crippen LogP contribution is -2.34. The largest absolute Gasteiger partial charge is 0.493 e. The molecule has 1 unspecified atom stereocenters. The van der Waals surface area contributed by atoms with Crippen molar-refractivity contribution in [2.24, 2.45) is 0 Å². The van der Waals surface area contributed by atoms with Gasteiger partial charge in [0.15, 0.2) is 17.1 Å². The molecule has 2 aromatic carbocycles. The molecule has 3 aromatic heterocycles. The van der Waals surface area contributed by atoms with E-state index in [1.54, 1.807) is 18.9 Å². The highest BCUT2D eigenvalue weighted by atomic mass is 16.5. The van der Waals surface area contributed by atoms with Crippen LogP contribution in [0.25, 0.3) is 33.2 Å². The summed E-state index contributed by atoms with van der Waals surface area (Å²) in [4.78, 5) is 27.4. The lowest BCUT2D eigenvalue weighted by Gasteiger charge is -2.31. The van der Waals surface area contributed by atoms with Crippen LogP contribution in [0.5, 0.6) is 11.5 Å². The maximum absolute atomic E-state index is 13.6. The third kappa shape index (κ3) is 3.59. The van der Waals surface area contributed by atoms with E-state index in [4.69, 9.17) is 25.3 Å². The number of hydrogen-bond acceptors (Lipinski definition) is 8. The standard InChI is InChI=1S/C27H27N7O3/c1-15(25-31-19-10-5-4-9-18(19)27(35)33(25)17-7-6-8-17)34-26-22(24(28)29-14-30-26)23(32-34)16-11-12-20(36-2)21(13-16)37-3/h4-5,9-15,17H,6-8H2,1-3H3,(H2,28,29,30). The fourth-order valence-electron chi connectivity index (χ4n) is 5.02. The Kier molecular flexibility index (Phi) is 5.51. The second kappa shape index (κ2) is 8.88. The van der Waals surface area contributed by atoms with Gasteiger partial charge in [-0.2, -0.15) is 5.10 Å². The number of fused-ring (bicyclic) bond motifs is 2. The Morgan fingerprint density at radius 2 is 1.84 bits per heavy atom. The topological polar surface area (TPSA) is 123 Å². The van der Waals surface area contributed by atoms with Crippen LogP contribution < -0.4 is 20.8 Å². The van der Waals surface area contributed by atoms with E-state index in [0.717, 1.165) is 24.8 Å². The average Bonchev–Trinajstić information content (AvgIpc) is 3.29. The summed E-state index contributed by atoms with van der Waals surface area (Å²) in [5, 5.41) is 6.21. The van der Waals surface area contributed by atoms with Crippen LogP contribution in [0.1, 0.15) is 44.1 Å². The second-order valence-corrected chi connectivity index (χ2v) is 9.24. The van der Waals surface area contributed by atoms with Crippen molar-refractivity contribution in [2.45, 2.75) is 38.3 Å². The molecule has 0 spiro atoms. The quantitative estimate of drug-likeness (QED) is 0.371. The van der Waals surface area contributed by atoms with Gasteiger partial charge in [-0.05, 0) is 56.5 Å². The molecule has 1 atom stereocenters. The van der Waals surface area contributed by atoms with Crippen LogP contribution in [0, 0.1) is 0 Å². The highest BCUT2D eigenvalue weighted by molar-refractivity contribution is 5.98. The molecule has 0 aliphatic heterocycles. The van der Waals surface area contributed by atoms with Crippen LogP contribution in [-0.4, -0.2) is 43.5 Å². The predicted octanol–water partition coefficient (Wildman–Crippen LogP) is 4.14. The first kappa shape index (κ1) is 23.0. The molecular formula is C27H27N7O3. The normalized spacial score (nSPS) is 14.6. The minimum absolute atomic E-state index is 0.0251. The van der Waals surface area contributed by atoms with Crippen LogP contribution in [0.4, 0.5) is 5.82 Å². The number of rotatable bonds is 6. The summed E-state index contributed by atoms with van der Waals surface area (Å²) < 4.78 is 14.5. The fraction of sp³-hybridized carbons (Fsp3) is 0.296. The first-order valence-corrected chi connectivity index (χ1v) is 12.2.